The molecule has 1 amide bonds. The first-order chi connectivity index (χ1) is 9.67. The number of nitrogens with one attached hydrogen (secondary N) is 2. The summed E-state index contributed by atoms with van der Waals surface area (Å²) in [5.74, 6) is 0.253. The molecule has 1 heterocycles. The highest BCUT2D eigenvalue weighted by atomic mass is 16.2. The number of carbonyl (C=O) groups excluding carboxylic acids is 1. The Morgan fingerprint density at radius 1 is 1.25 bits per heavy atom. The Balaban J connectivity index is 1.63. The van der Waals surface area contributed by atoms with E-state index in [0.717, 1.165) is 45.2 Å². The predicted octanol–water partition coefficient (Wildman–Crippen LogP) is 2.05. The molecule has 2 aliphatic rings. The lowest BCUT2D eigenvalue weighted by Crippen LogP contribution is -2.50. The van der Waals surface area contributed by atoms with Gasteiger partial charge in [-0.2, -0.15) is 0 Å². The Hall–Kier alpha value is -1.35. The van der Waals surface area contributed by atoms with E-state index in [4.69, 9.17) is 0 Å². The molecule has 1 aromatic carbocycles. The Morgan fingerprint density at radius 3 is 2.70 bits per heavy atom. The number of carbonyl (C=O) groups is 1. The van der Waals surface area contributed by atoms with Crippen LogP contribution in [0.3, 0.4) is 0 Å². The van der Waals surface area contributed by atoms with E-state index in [1.807, 2.05) is 0 Å². The molecule has 1 unspecified atom stereocenters. The fraction of sp³-hybridized carbons (Fsp3) is 0.588. The number of fused-ring (bicyclic) bond motifs is 1. The van der Waals surface area contributed by atoms with Crippen LogP contribution in [-0.4, -0.2) is 25.0 Å². The van der Waals surface area contributed by atoms with Gasteiger partial charge in [-0.3, -0.25) is 4.79 Å². The van der Waals surface area contributed by atoms with Crippen LogP contribution in [0.2, 0.25) is 0 Å². The van der Waals surface area contributed by atoms with E-state index in [2.05, 4.69) is 41.8 Å². The van der Waals surface area contributed by atoms with Gasteiger partial charge in [-0.1, -0.05) is 31.2 Å². The van der Waals surface area contributed by atoms with Crippen LogP contribution in [0.15, 0.2) is 24.3 Å². The van der Waals surface area contributed by atoms with Crippen LogP contribution in [0, 0.1) is 5.41 Å². The summed E-state index contributed by atoms with van der Waals surface area (Å²) in [6.07, 6.45) is 5.02. The van der Waals surface area contributed by atoms with E-state index >= 15 is 0 Å². The summed E-state index contributed by atoms with van der Waals surface area (Å²) in [5.41, 5.74) is 2.67. The summed E-state index contributed by atoms with van der Waals surface area (Å²) in [5, 5.41) is 6.63. The highest BCUT2D eigenvalue weighted by Crippen LogP contribution is 2.29. The van der Waals surface area contributed by atoms with E-state index in [9.17, 15) is 4.79 Å². The van der Waals surface area contributed by atoms with Gasteiger partial charge in [-0.05, 0) is 56.3 Å². The monoisotopic (exact) mass is 272 g/mol. The molecule has 20 heavy (non-hydrogen) atoms. The number of benzene rings is 1. The number of amides is 1. The molecule has 3 heteroatoms. The standard InChI is InChI=1S/C17H24N2O/c1-17(8-10-18-11-9-17)16(20)19-15-7-6-13-4-2-3-5-14(13)12-15/h2-5,15,18H,6-12H2,1H3,(H,19,20). The molecule has 0 aromatic heterocycles. The van der Waals surface area contributed by atoms with Crippen molar-refractivity contribution < 1.29 is 4.79 Å². The fourth-order valence-electron chi connectivity index (χ4n) is 3.39. The zero-order valence-electron chi connectivity index (χ0n) is 12.2. The molecule has 1 atom stereocenters. The number of hydrogen-bond donors (Lipinski definition) is 2. The van der Waals surface area contributed by atoms with Crippen LogP contribution in [0.1, 0.15) is 37.3 Å². The molecule has 0 spiro atoms. The average molecular weight is 272 g/mol. The molecule has 108 valence electrons. The summed E-state index contributed by atoms with van der Waals surface area (Å²) in [6.45, 7) is 4.02. The number of aryl methyl sites for hydroxylation is 1. The van der Waals surface area contributed by atoms with Gasteiger partial charge in [-0.15, -0.1) is 0 Å². The third kappa shape index (κ3) is 2.73. The molecule has 0 bridgehead atoms. The van der Waals surface area contributed by atoms with E-state index in [-0.39, 0.29) is 11.3 Å². The molecule has 1 aliphatic carbocycles. The van der Waals surface area contributed by atoms with Crippen molar-refractivity contribution in [3.05, 3.63) is 35.4 Å². The van der Waals surface area contributed by atoms with Gasteiger partial charge in [0.15, 0.2) is 0 Å². The van der Waals surface area contributed by atoms with Gasteiger partial charge < -0.3 is 10.6 Å². The van der Waals surface area contributed by atoms with Gasteiger partial charge in [0, 0.05) is 11.5 Å². The third-order valence-corrected chi connectivity index (χ3v) is 4.94. The van der Waals surface area contributed by atoms with Crippen LogP contribution in [-0.2, 0) is 17.6 Å². The minimum absolute atomic E-state index is 0.178. The van der Waals surface area contributed by atoms with Crippen LogP contribution in [0.25, 0.3) is 0 Å². The molecule has 1 aliphatic heterocycles. The Kier molecular flexibility index (Phi) is 3.79. The quantitative estimate of drug-likeness (QED) is 0.865. The van der Waals surface area contributed by atoms with Crippen molar-refractivity contribution in [2.75, 3.05) is 13.1 Å². The predicted molar refractivity (Wildman–Crippen MR) is 80.6 cm³/mol. The van der Waals surface area contributed by atoms with Crippen molar-refractivity contribution in [1.29, 1.82) is 0 Å². The maximum Gasteiger partial charge on any atom is 0.226 e. The van der Waals surface area contributed by atoms with E-state index < -0.39 is 0 Å². The highest BCUT2D eigenvalue weighted by molar-refractivity contribution is 5.82. The van der Waals surface area contributed by atoms with E-state index in [0.29, 0.717) is 6.04 Å². The summed E-state index contributed by atoms with van der Waals surface area (Å²) >= 11 is 0. The summed E-state index contributed by atoms with van der Waals surface area (Å²) in [6, 6.07) is 8.91. The van der Waals surface area contributed by atoms with Gasteiger partial charge in [0.05, 0.1) is 0 Å². The van der Waals surface area contributed by atoms with Gasteiger partial charge in [0.2, 0.25) is 5.91 Å². The molecule has 2 N–H and O–H groups in total. The van der Waals surface area contributed by atoms with Crippen LogP contribution >= 0.6 is 0 Å². The maximum atomic E-state index is 12.6. The second-order valence-electron chi connectivity index (χ2n) is 6.49. The molecule has 0 saturated carbocycles. The van der Waals surface area contributed by atoms with Gasteiger partial charge >= 0.3 is 0 Å². The third-order valence-electron chi connectivity index (χ3n) is 4.94. The largest absolute Gasteiger partial charge is 0.353 e. The fourth-order valence-corrected chi connectivity index (χ4v) is 3.39. The van der Waals surface area contributed by atoms with Gasteiger partial charge in [0.1, 0.15) is 0 Å². The number of hydrogen-bond acceptors (Lipinski definition) is 2. The maximum absolute atomic E-state index is 12.6. The lowest BCUT2D eigenvalue weighted by atomic mass is 9.79. The Morgan fingerprint density at radius 2 is 1.95 bits per heavy atom. The normalized spacial score (nSPS) is 24.8. The Bertz CT molecular complexity index is 492. The molecule has 1 saturated heterocycles. The summed E-state index contributed by atoms with van der Waals surface area (Å²) in [4.78, 5) is 12.6. The lowest BCUT2D eigenvalue weighted by molar-refractivity contribution is -0.132. The first kappa shape index (κ1) is 13.6. The second-order valence-corrected chi connectivity index (χ2v) is 6.49. The van der Waals surface area contributed by atoms with E-state index in [1.165, 1.54) is 11.1 Å². The van der Waals surface area contributed by atoms with Crippen molar-refractivity contribution in [1.82, 2.24) is 10.6 Å². The van der Waals surface area contributed by atoms with Gasteiger partial charge in [-0.25, -0.2) is 0 Å². The van der Waals surface area contributed by atoms with Crippen molar-refractivity contribution in [2.24, 2.45) is 5.41 Å². The SMILES string of the molecule is CC1(C(=O)NC2CCc3ccccc3C2)CCNCC1. The highest BCUT2D eigenvalue weighted by Gasteiger charge is 2.35. The van der Waals surface area contributed by atoms with Crippen molar-refractivity contribution in [3.63, 3.8) is 0 Å². The number of rotatable bonds is 2. The minimum atomic E-state index is -0.178. The average Bonchev–Trinajstić information content (AvgIpc) is 2.48. The molecular formula is C17H24N2O. The topological polar surface area (TPSA) is 41.1 Å². The molecule has 0 radical (unpaired) electrons. The first-order valence-electron chi connectivity index (χ1n) is 7.76. The summed E-state index contributed by atoms with van der Waals surface area (Å²) < 4.78 is 0. The smallest absolute Gasteiger partial charge is 0.226 e. The molecular weight excluding hydrogens is 248 g/mol. The second kappa shape index (κ2) is 5.57. The van der Waals surface area contributed by atoms with Crippen molar-refractivity contribution in [3.8, 4) is 0 Å². The molecule has 3 rings (SSSR count). The zero-order valence-corrected chi connectivity index (χ0v) is 12.2. The lowest BCUT2D eigenvalue weighted by Gasteiger charge is -2.35. The first-order valence-corrected chi connectivity index (χ1v) is 7.76. The summed E-state index contributed by atoms with van der Waals surface area (Å²) in [7, 11) is 0. The molecule has 1 aromatic rings. The van der Waals surface area contributed by atoms with Crippen LogP contribution < -0.4 is 10.6 Å². The number of piperidine rings is 1. The van der Waals surface area contributed by atoms with Crippen molar-refractivity contribution >= 4 is 5.91 Å². The molecule has 1 fully saturated rings. The molecule has 3 nitrogen and oxygen atoms in total. The zero-order chi connectivity index (χ0) is 14.0. The van der Waals surface area contributed by atoms with Crippen LogP contribution in [0.4, 0.5) is 0 Å². The minimum Gasteiger partial charge on any atom is -0.353 e. The van der Waals surface area contributed by atoms with Crippen LogP contribution in [0.5, 0.6) is 0 Å². The van der Waals surface area contributed by atoms with Crippen molar-refractivity contribution in [2.45, 2.75) is 45.1 Å². The van der Waals surface area contributed by atoms with E-state index in [1.54, 1.807) is 0 Å². The van der Waals surface area contributed by atoms with Gasteiger partial charge in [0.25, 0.3) is 0 Å². The Labute approximate surface area is 121 Å².